The number of aliphatic hydroxyl groups is 1. The molecule has 0 saturated heterocycles. The molecule has 0 aromatic heterocycles. The molecule has 0 radical (unpaired) electrons. The highest BCUT2D eigenvalue weighted by Crippen LogP contribution is 2.22. The van der Waals surface area contributed by atoms with Gasteiger partial charge in [0.15, 0.2) is 0 Å². The number of hydrogen-bond donors (Lipinski definition) is 2. The third-order valence-electron chi connectivity index (χ3n) is 2.54. The van der Waals surface area contributed by atoms with Crippen LogP contribution < -0.4 is 10.5 Å². The van der Waals surface area contributed by atoms with Crippen LogP contribution in [-0.4, -0.2) is 5.11 Å². The minimum Gasteiger partial charge on any atom is -0.489 e. The lowest BCUT2D eigenvalue weighted by molar-refractivity contribution is 0.259. The van der Waals surface area contributed by atoms with Crippen LogP contribution in [0.25, 0.3) is 0 Å². The van der Waals surface area contributed by atoms with Crippen LogP contribution >= 0.6 is 11.6 Å². The van der Waals surface area contributed by atoms with Gasteiger partial charge in [-0.3, -0.25) is 0 Å². The Bertz CT molecular complexity index is 543. The van der Waals surface area contributed by atoms with Crippen molar-refractivity contribution in [2.45, 2.75) is 13.2 Å². The molecule has 2 aromatic rings. The Morgan fingerprint density at radius 3 is 2.72 bits per heavy atom. The summed E-state index contributed by atoms with van der Waals surface area (Å²) < 4.78 is 5.65. The summed E-state index contributed by atoms with van der Waals surface area (Å²) in [5.74, 6) is 0.631. The monoisotopic (exact) mass is 263 g/mol. The summed E-state index contributed by atoms with van der Waals surface area (Å²) in [6.07, 6.45) is 0. The maximum atomic E-state index is 9.23. The SMILES string of the molecule is Nc1ccc(OCc2cccc(Cl)c2)c(CO)c1. The van der Waals surface area contributed by atoms with Crippen molar-refractivity contribution in [3.63, 3.8) is 0 Å². The van der Waals surface area contributed by atoms with Crippen molar-refractivity contribution in [3.8, 4) is 5.75 Å². The highest BCUT2D eigenvalue weighted by molar-refractivity contribution is 6.30. The van der Waals surface area contributed by atoms with Gasteiger partial charge in [-0.2, -0.15) is 0 Å². The lowest BCUT2D eigenvalue weighted by Crippen LogP contribution is -1.99. The fourth-order valence-electron chi connectivity index (χ4n) is 1.65. The van der Waals surface area contributed by atoms with E-state index in [0.29, 0.717) is 28.6 Å². The number of anilines is 1. The van der Waals surface area contributed by atoms with Crippen LogP contribution in [0.15, 0.2) is 42.5 Å². The quantitative estimate of drug-likeness (QED) is 0.834. The van der Waals surface area contributed by atoms with Crippen molar-refractivity contribution in [2.24, 2.45) is 0 Å². The van der Waals surface area contributed by atoms with Gasteiger partial charge in [0.05, 0.1) is 6.61 Å². The van der Waals surface area contributed by atoms with Crippen molar-refractivity contribution in [1.29, 1.82) is 0 Å². The van der Waals surface area contributed by atoms with Crippen LogP contribution in [0.5, 0.6) is 5.75 Å². The van der Waals surface area contributed by atoms with Crippen LogP contribution in [0, 0.1) is 0 Å². The molecule has 0 saturated carbocycles. The van der Waals surface area contributed by atoms with Gasteiger partial charge in [0.1, 0.15) is 12.4 Å². The fourth-order valence-corrected chi connectivity index (χ4v) is 1.86. The van der Waals surface area contributed by atoms with Gasteiger partial charge >= 0.3 is 0 Å². The first-order valence-corrected chi connectivity index (χ1v) is 5.93. The summed E-state index contributed by atoms with van der Waals surface area (Å²) in [7, 11) is 0. The average molecular weight is 264 g/mol. The number of benzene rings is 2. The highest BCUT2D eigenvalue weighted by Gasteiger charge is 2.04. The Hall–Kier alpha value is -1.71. The van der Waals surface area contributed by atoms with Gasteiger partial charge < -0.3 is 15.6 Å². The van der Waals surface area contributed by atoms with Crippen molar-refractivity contribution in [3.05, 3.63) is 58.6 Å². The van der Waals surface area contributed by atoms with E-state index in [1.807, 2.05) is 24.3 Å². The maximum absolute atomic E-state index is 9.23. The van der Waals surface area contributed by atoms with Gasteiger partial charge in [0.25, 0.3) is 0 Å². The molecule has 0 unspecified atom stereocenters. The van der Waals surface area contributed by atoms with Gasteiger partial charge in [-0.1, -0.05) is 23.7 Å². The smallest absolute Gasteiger partial charge is 0.125 e. The second-order valence-corrected chi connectivity index (χ2v) is 4.38. The summed E-state index contributed by atoms with van der Waals surface area (Å²) in [6.45, 7) is 0.299. The van der Waals surface area contributed by atoms with Crippen LogP contribution in [0.2, 0.25) is 5.02 Å². The standard InChI is InChI=1S/C14H14ClNO2/c15-12-3-1-2-10(6-12)9-18-14-5-4-13(16)7-11(14)8-17/h1-7,17H,8-9,16H2. The van der Waals surface area contributed by atoms with Gasteiger partial charge in [0, 0.05) is 16.3 Å². The molecule has 0 aliphatic heterocycles. The van der Waals surface area contributed by atoms with Crippen LogP contribution in [-0.2, 0) is 13.2 Å². The number of nitrogens with two attached hydrogens (primary N) is 1. The number of nitrogen functional groups attached to an aromatic ring is 1. The third-order valence-corrected chi connectivity index (χ3v) is 2.77. The average Bonchev–Trinajstić information content (AvgIpc) is 2.37. The van der Waals surface area contributed by atoms with E-state index >= 15 is 0 Å². The predicted molar refractivity (Wildman–Crippen MR) is 72.6 cm³/mol. The number of aliphatic hydroxyl groups excluding tert-OH is 1. The Morgan fingerprint density at radius 2 is 2.00 bits per heavy atom. The lowest BCUT2D eigenvalue weighted by atomic mass is 10.2. The van der Waals surface area contributed by atoms with Crippen LogP contribution in [0.4, 0.5) is 5.69 Å². The molecule has 0 aliphatic carbocycles. The van der Waals surface area contributed by atoms with Crippen molar-refractivity contribution < 1.29 is 9.84 Å². The molecule has 3 N–H and O–H groups in total. The van der Waals surface area contributed by atoms with Crippen molar-refractivity contribution in [1.82, 2.24) is 0 Å². The molecule has 0 atom stereocenters. The van der Waals surface area contributed by atoms with Gasteiger partial charge in [-0.05, 0) is 35.9 Å². The largest absolute Gasteiger partial charge is 0.489 e. The molecule has 4 heteroatoms. The molecule has 2 rings (SSSR count). The number of rotatable bonds is 4. The second-order valence-electron chi connectivity index (χ2n) is 3.94. The molecule has 18 heavy (non-hydrogen) atoms. The van der Waals surface area contributed by atoms with Gasteiger partial charge in [-0.15, -0.1) is 0 Å². The first-order valence-electron chi connectivity index (χ1n) is 5.55. The van der Waals surface area contributed by atoms with Gasteiger partial charge in [0.2, 0.25) is 0 Å². The summed E-state index contributed by atoms with van der Waals surface area (Å²) in [6, 6.07) is 12.7. The number of hydrogen-bond acceptors (Lipinski definition) is 3. The van der Waals surface area contributed by atoms with E-state index in [4.69, 9.17) is 22.1 Å². The zero-order chi connectivity index (χ0) is 13.0. The van der Waals surface area contributed by atoms with Crippen LogP contribution in [0.3, 0.4) is 0 Å². The molecule has 0 fully saturated rings. The van der Waals surface area contributed by atoms with Gasteiger partial charge in [-0.25, -0.2) is 0 Å². The summed E-state index contributed by atoms with van der Waals surface area (Å²) in [5, 5.41) is 9.90. The van der Waals surface area contributed by atoms with Crippen LogP contribution in [0.1, 0.15) is 11.1 Å². The number of ether oxygens (including phenoxy) is 1. The van der Waals surface area contributed by atoms with E-state index in [1.54, 1.807) is 18.2 Å². The molecular weight excluding hydrogens is 250 g/mol. The Morgan fingerprint density at radius 1 is 1.17 bits per heavy atom. The van der Waals surface area contributed by atoms with Crippen molar-refractivity contribution in [2.75, 3.05) is 5.73 Å². The van der Waals surface area contributed by atoms with E-state index in [-0.39, 0.29) is 6.61 Å². The van der Waals surface area contributed by atoms with E-state index in [0.717, 1.165) is 5.56 Å². The Labute approximate surface area is 111 Å². The van der Waals surface area contributed by atoms with E-state index in [1.165, 1.54) is 0 Å². The van der Waals surface area contributed by atoms with E-state index in [2.05, 4.69) is 0 Å². The topological polar surface area (TPSA) is 55.5 Å². The third kappa shape index (κ3) is 3.15. The maximum Gasteiger partial charge on any atom is 0.125 e. The molecule has 0 spiro atoms. The molecule has 0 amide bonds. The second kappa shape index (κ2) is 5.76. The minimum absolute atomic E-state index is 0.101. The zero-order valence-electron chi connectivity index (χ0n) is 9.77. The first-order chi connectivity index (χ1) is 8.69. The predicted octanol–water partition coefficient (Wildman–Crippen LogP) is 2.99. The molecule has 0 bridgehead atoms. The Kier molecular flexibility index (Phi) is 4.07. The molecular formula is C14H14ClNO2. The summed E-state index contributed by atoms with van der Waals surface area (Å²) in [4.78, 5) is 0. The number of halogens is 1. The molecule has 3 nitrogen and oxygen atoms in total. The lowest BCUT2D eigenvalue weighted by Gasteiger charge is -2.11. The minimum atomic E-state index is -0.101. The molecule has 0 aliphatic rings. The first kappa shape index (κ1) is 12.7. The van der Waals surface area contributed by atoms with E-state index in [9.17, 15) is 5.11 Å². The fraction of sp³-hybridized carbons (Fsp3) is 0.143. The molecule has 0 heterocycles. The molecule has 94 valence electrons. The summed E-state index contributed by atoms with van der Waals surface area (Å²) >= 11 is 5.89. The van der Waals surface area contributed by atoms with Crippen molar-refractivity contribution >= 4 is 17.3 Å². The van der Waals surface area contributed by atoms with E-state index < -0.39 is 0 Å². The summed E-state index contributed by atoms with van der Waals surface area (Å²) in [5.41, 5.74) is 7.90. The normalized spacial score (nSPS) is 10.3. The molecule has 2 aromatic carbocycles. The zero-order valence-corrected chi connectivity index (χ0v) is 10.5. The Balaban J connectivity index is 2.10. The highest BCUT2D eigenvalue weighted by atomic mass is 35.5.